The number of hydrogen-bond donors (Lipinski definition) is 12. The van der Waals surface area contributed by atoms with Gasteiger partial charge in [0.25, 0.3) is 0 Å². The zero-order chi connectivity index (χ0) is 74.6. The number of ketones is 4. The van der Waals surface area contributed by atoms with E-state index in [4.69, 9.17) is 28.8 Å². The van der Waals surface area contributed by atoms with Crippen LogP contribution < -0.4 is 54.4 Å². The van der Waals surface area contributed by atoms with Gasteiger partial charge in [0, 0.05) is 87.4 Å². The van der Waals surface area contributed by atoms with Crippen LogP contribution in [0.4, 0.5) is 4.79 Å². The number of Topliss-reactive ketones (excluding diaryl/α,β-unsaturated/α-hetero) is 4. The lowest BCUT2D eigenvalue weighted by atomic mass is 9.87. The van der Waals surface area contributed by atoms with E-state index >= 15 is 0 Å². The van der Waals surface area contributed by atoms with Crippen molar-refractivity contribution in [2.24, 2.45) is 45.9 Å². The van der Waals surface area contributed by atoms with E-state index < -0.39 is 151 Å². The third-order valence-electron chi connectivity index (χ3n) is 17.8. The van der Waals surface area contributed by atoms with Gasteiger partial charge in [0.05, 0.1) is 24.7 Å². The number of guanidine groups is 1. The molecule has 15 N–H and O–H groups in total. The van der Waals surface area contributed by atoms with Gasteiger partial charge in [0.2, 0.25) is 41.4 Å². The van der Waals surface area contributed by atoms with Crippen molar-refractivity contribution in [3.05, 3.63) is 143 Å². The highest BCUT2D eigenvalue weighted by Gasteiger charge is 2.40. The number of amides is 9. The second-order valence-electron chi connectivity index (χ2n) is 26.5. The van der Waals surface area contributed by atoms with Crippen molar-refractivity contribution in [3.8, 4) is 5.75 Å². The Kier molecular flexibility index (Phi) is 32.0. The molecule has 1 fully saturated rings. The highest BCUT2D eigenvalue weighted by molar-refractivity contribution is 6.30. The first-order valence-electron chi connectivity index (χ1n) is 34.3. The number of nitrogens with two attached hydrogens (primary N) is 3. The number of urea groups is 1. The molecule has 28 heteroatoms. The Labute approximate surface area is 598 Å². The number of phenolic OH excluding ortho intramolecular Hbond substituents is 1. The molecular weight excluding hydrogens is 1330 g/mol. The molecule has 0 bridgehead atoms. The van der Waals surface area contributed by atoms with Crippen LogP contribution in [0.1, 0.15) is 121 Å². The smallest absolute Gasteiger partial charge is 0.312 e. The number of rotatable bonds is 41. The minimum atomic E-state index is -1.68. The number of benzene rings is 4. The average molecular weight is 1430 g/mol. The van der Waals surface area contributed by atoms with E-state index in [1.165, 1.54) is 62.3 Å². The summed E-state index contributed by atoms with van der Waals surface area (Å²) < 4.78 is 0. The molecule has 1 aliphatic rings. The maximum absolute atomic E-state index is 15.0. The van der Waals surface area contributed by atoms with Crippen LogP contribution in [0.5, 0.6) is 5.75 Å². The van der Waals surface area contributed by atoms with E-state index in [0.717, 1.165) is 16.3 Å². The monoisotopic (exact) mass is 1430 g/mol. The Hall–Kier alpha value is -10.1. The van der Waals surface area contributed by atoms with Gasteiger partial charge in [-0.15, -0.1) is 0 Å². The molecule has 9 amide bonds. The van der Waals surface area contributed by atoms with Gasteiger partial charge in [-0.3, -0.25) is 62.7 Å². The van der Waals surface area contributed by atoms with Gasteiger partial charge in [0.15, 0.2) is 29.1 Å². The fourth-order valence-electron chi connectivity index (χ4n) is 12.3. The van der Waals surface area contributed by atoms with Gasteiger partial charge < -0.3 is 69.5 Å². The van der Waals surface area contributed by atoms with Crippen molar-refractivity contribution in [1.82, 2.24) is 47.1 Å². The molecule has 1 aromatic heterocycles. The van der Waals surface area contributed by atoms with Crippen molar-refractivity contribution in [2.45, 2.75) is 167 Å². The number of primary amides is 1. The van der Waals surface area contributed by atoms with E-state index in [-0.39, 0.29) is 101 Å². The molecule has 6 rings (SSSR count). The Morgan fingerprint density at radius 2 is 1.16 bits per heavy atom. The zero-order valence-electron chi connectivity index (χ0n) is 58.3. The number of halogens is 1. The van der Waals surface area contributed by atoms with E-state index in [1.807, 2.05) is 56.3 Å². The molecular formula is C74H96ClN13O14. The van der Waals surface area contributed by atoms with Crippen LogP contribution in [-0.2, 0) is 78.4 Å². The Bertz CT molecular complexity index is 3760. The van der Waals surface area contributed by atoms with Crippen molar-refractivity contribution in [3.63, 3.8) is 0 Å². The number of fused-ring (bicyclic) bond motifs is 1. The third-order valence-corrected chi connectivity index (χ3v) is 18.0. The van der Waals surface area contributed by atoms with Gasteiger partial charge in [-0.25, -0.2) is 4.79 Å². The van der Waals surface area contributed by atoms with E-state index in [1.54, 1.807) is 36.4 Å². The fraction of sp³-hybridized carbons (Fsp3) is 0.459. The van der Waals surface area contributed by atoms with E-state index in [9.17, 15) is 67.7 Å². The van der Waals surface area contributed by atoms with Crippen LogP contribution >= 0.6 is 11.6 Å². The summed E-state index contributed by atoms with van der Waals surface area (Å²) in [4.78, 5) is 177. The molecule has 2 heterocycles. The lowest BCUT2D eigenvalue weighted by molar-refractivity contribution is -0.143. The lowest BCUT2D eigenvalue weighted by Gasteiger charge is -2.30. The summed E-state index contributed by atoms with van der Waals surface area (Å²) in [5.41, 5.74) is 18.8. The van der Waals surface area contributed by atoms with Crippen LogP contribution in [0.15, 0.2) is 121 Å². The Morgan fingerprint density at radius 3 is 1.77 bits per heavy atom. The van der Waals surface area contributed by atoms with Gasteiger partial charge in [-0.05, 0) is 147 Å². The molecule has 102 heavy (non-hydrogen) atoms. The Morgan fingerprint density at radius 1 is 0.598 bits per heavy atom. The Balaban J connectivity index is 1.26. The molecule has 1 aliphatic heterocycles. The van der Waals surface area contributed by atoms with Gasteiger partial charge in [-0.1, -0.05) is 98.2 Å². The van der Waals surface area contributed by atoms with Gasteiger partial charge >= 0.3 is 6.03 Å². The molecule has 0 aliphatic carbocycles. The van der Waals surface area contributed by atoms with Crippen molar-refractivity contribution < 1.29 is 67.7 Å². The predicted molar refractivity (Wildman–Crippen MR) is 384 cm³/mol. The number of carbonyl (C=O) groups excluding carboxylic acids is 12. The maximum Gasteiger partial charge on any atom is 0.312 e. The quantitative estimate of drug-likeness (QED) is 0.0151. The number of nitrogens with one attached hydrogen (secondary N) is 7. The number of aliphatic imine (C=N–C) groups is 1. The number of pyridine rings is 1. The number of phenols is 1. The van der Waals surface area contributed by atoms with Crippen molar-refractivity contribution in [2.75, 3.05) is 26.2 Å². The number of carbonyl (C=O) groups is 12. The topological polar surface area (TPSA) is 436 Å². The van der Waals surface area contributed by atoms with Crippen molar-refractivity contribution >= 4 is 98.8 Å². The number of nitrogens with zero attached hydrogens (tertiary/aromatic N) is 3. The lowest BCUT2D eigenvalue weighted by Crippen LogP contribution is -2.55. The van der Waals surface area contributed by atoms with E-state index in [2.05, 4.69) is 47.2 Å². The molecule has 5 aromatic rings. The molecule has 4 aromatic carbocycles. The number of aromatic hydroxyl groups is 1. The molecule has 10 atom stereocenters. The second-order valence-corrected chi connectivity index (χ2v) is 26.9. The first-order valence-corrected chi connectivity index (χ1v) is 34.7. The summed E-state index contributed by atoms with van der Waals surface area (Å²) >= 11 is 6.25. The van der Waals surface area contributed by atoms with Crippen LogP contribution in [0.2, 0.25) is 5.02 Å². The average Bonchev–Trinajstić information content (AvgIpc) is 1.13. The molecule has 1 unspecified atom stereocenters. The fourth-order valence-corrected chi connectivity index (χ4v) is 12.4. The molecule has 1 saturated heterocycles. The summed E-state index contributed by atoms with van der Waals surface area (Å²) in [5, 5.41) is 42.4. The normalized spacial score (nSPS) is 15.3. The SMILES string of the molecule is CC(=O)N[C@H](Cc1ccc2ccccc2c1)C(=O)N[C@H](Cc1ccc(Cl)cc1)C(=O)C[C@H](Cc1cccnc1)C(=O)N[C@@H](CO)C(=O)C[C@@H](Cc1ccc(O)cc1)C(=O)N[C@H](CCCNC(N)=O)C(=O)C[C@@H](CC(C)C)C(=O)N[C@@H](CCCN=C(N)N)C(=O)N1CCCC1C(=O)N[C@H](C)C(C)=O. The van der Waals surface area contributed by atoms with Crippen LogP contribution in [-0.4, -0.2) is 165 Å². The maximum atomic E-state index is 15.0. The number of aliphatic hydroxyl groups excluding tert-OH is 1. The number of aliphatic hydroxyl groups is 1. The minimum Gasteiger partial charge on any atom is -0.508 e. The minimum absolute atomic E-state index is 0.0166. The highest BCUT2D eigenvalue weighted by Crippen LogP contribution is 2.26. The van der Waals surface area contributed by atoms with Crippen LogP contribution in [0.25, 0.3) is 10.8 Å². The summed E-state index contributed by atoms with van der Waals surface area (Å²) in [6.45, 7) is 7.01. The molecule has 0 radical (unpaired) electrons. The molecule has 0 spiro atoms. The predicted octanol–water partition coefficient (Wildman–Crippen LogP) is 3.66. The first-order chi connectivity index (χ1) is 48.6. The summed E-state index contributed by atoms with van der Waals surface area (Å²) in [7, 11) is 0. The van der Waals surface area contributed by atoms with E-state index in [0.29, 0.717) is 34.6 Å². The summed E-state index contributed by atoms with van der Waals surface area (Å²) in [5.74, 6) is -11.3. The molecule has 548 valence electrons. The van der Waals surface area contributed by atoms with Gasteiger partial charge in [0.1, 0.15) is 29.9 Å². The number of aromatic nitrogens is 1. The van der Waals surface area contributed by atoms with Gasteiger partial charge in [-0.2, -0.15) is 0 Å². The highest BCUT2D eigenvalue weighted by atomic mass is 35.5. The largest absolute Gasteiger partial charge is 0.508 e. The summed E-state index contributed by atoms with van der Waals surface area (Å²) in [6, 6.07) is 19.6. The zero-order valence-corrected chi connectivity index (χ0v) is 59.0. The summed E-state index contributed by atoms with van der Waals surface area (Å²) in [6.07, 6.45) is 2.06. The number of hydrogen-bond acceptors (Lipinski definition) is 16. The molecule has 27 nitrogen and oxygen atoms in total. The second kappa shape index (κ2) is 40.3. The van der Waals surface area contributed by atoms with Crippen LogP contribution in [0.3, 0.4) is 0 Å². The van der Waals surface area contributed by atoms with Crippen LogP contribution in [0, 0.1) is 23.7 Å². The standard InChI is InChI=1S/C74H96ClN13O14/c1-43(2)32-53(67(96)85-59(16-10-29-80-73(76)77)72(101)88-31-11-17-63(88)71(100)82-44(3)45(4)90)38-64(93)58(15-9-30-81-74(78)102)84-68(97)54(33-47-21-26-57(92)27-22-47)40-66(95)62(42-89)87-69(98)55(35-50-12-8-28-79-41-50)39-65(94)60(36-48-19-24-56(75)25-20-48)86-70(99)61(83-46(5)91)37-49-18-23-51-13-6-7-14-52(51)34-49/h6-8,12-14,18-28,34,41,43-44,53-55,58-63,89,92H,9-11,15-17,29-33,35-40,42H2,1-5H3,(H,82,100)(H,83,91)(H,84,97)(H,85,96)(H,86,99)(H,87,98)(H4,76,77,80)(H3,78,81,102)/t44-,53-,54-,55+,58-,59+,60-,61-,62+,63?/m1/s1. The first kappa shape index (κ1) is 80.8. The third kappa shape index (κ3) is 26.4. The molecule has 0 saturated carbocycles. The number of likely N-dealkylation sites (tertiary alicyclic amines) is 1. The van der Waals surface area contributed by atoms with Crippen molar-refractivity contribution in [1.29, 1.82) is 0 Å².